The maximum absolute atomic E-state index is 4.35. The van der Waals surface area contributed by atoms with E-state index in [1.165, 1.54) is 41.6 Å². The van der Waals surface area contributed by atoms with Crippen molar-refractivity contribution in [3.05, 3.63) is 59.6 Å². The van der Waals surface area contributed by atoms with E-state index in [1.807, 2.05) is 5.51 Å². The zero-order valence-electron chi connectivity index (χ0n) is 12.5. The predicted octanol–water partition coefficient (Wildman–Crippen LogP) is 5.43. The van der Waals surface area contributed by atoms with Crippen molar-refractivity contribution in [2.75, 3.05) is 5.32 Å². The number of thiazole rings is 1. The van der Waals surface area contributed by atoms with E-state index in [9.17, 15) is 0 Å². The summed E-state index contributed by atoms with van der Waals surface area (Å²) in [5.41, 5.74) is 5.74. The first-order valence-corrected chi connectivity index (χ1v) is 8.91. The average molecular weight is 308 g/mol. The first-order chi connectivity index (χ1) is 10.9. The molecule has 1 N–H and O–H groups in total. The maximum atomic E-state index is 4.35. The van der Waals surface area contributed by atoms with Crippen LogP contribution in [0, 0.1) is 0 Å². The van der Waals surface area contributed by atoms with Crippen molar-refractivity contribution in [1.82, 2.24) is 4.98 Å². The molecule has 0 bridgehead atoms. The normalized spacial score (nSPS) is 21.8. The van der Waals surface area contributed by atoms with E-state index in [-0.39, 0.29) is 0 Å². The summed E-state index contributed by atoms with van der Waals surface area (Å²) >= 11 is 1.71. The van der Waals surface area contributed by atoms with Gasteiger partial charge in [-0.25, -0.2) is 4.98 Å². The molecule has 0 aliphatic heterocycles. The summed E-state index contributed by atoms with van der Waals surface area (Å²) in [4.78, 5) is 4.35. The summed E-state index contributed by atoms with van der Waals surface area (Å²) in [5.74, 6) is 0.694. The number of hydrogen-bond acceptors (Lipinski definition) is 3. The number of nitrogens with one attached hydrogen (secondary N) is 1. The number of benzene rings is 2. The van der Waals surface area contributed by atoms with Gasteiger partial charge in [-0.2, -0.15) is 0 Å². The molecule has 2 atom stereocenters. The van der Waals surface area contributed by atoms with Gasteiger partial charge in [-0.05, 0) is 48.9 Å². The van der Waals surface area contributed by atoms with Gasteiger partial charge in [0.15, 0.2) is 0 Å². The number of anilines is 1. The van der Waals surface area contributed by atoms with Crippen molar-refractivity contribution >= 4 is 27.2 Å². The van der Waals surface area contributed by atoms with Gasteiger partial charge in [-0.3, -0.25) is 0 Å². The molecule has 22 heavy (non-hydrogen) atoms. The summed E-state index contributed by atoms with van der Waals surface area (Å²) in [7, 11) is 0. The van der Waals surface area contributed by atoms with E-state index in [0.29, 0.717) is 12.0 Å². The van der Waals surface area contributed by atoms with Crippen LogP contribution in [0.3, 0.4) is 0 Å². The quantitative estimate of drug-likeness (QED) is 0.697. The molecule has 1 fully saturated rings. The second kappa shape index (κ2) is 6.09. The molecular formula is C19H20N2S. The SMILES string of the molecule is c1ccc(C2CCCC(Nc3ccc4ncsc4c3)C2)cc1. The number of hydrogen-bond donors (Lipinski definition) is 1. The number of fused-ring (bicyclic) bond motifs is 1. The third-order valence-corrected chi connectivity index (χ3v) is 5.44. The Kier molecular flexibility index (Phi) is 3.81. The maximum Gasteiger partial charge on any atom is 0.0813 e. The van der Waals surface area contributed by atoms with Crippen LogP contribution in [0.5, 0.6) is 0 Å². The molecule has 1 aliphatic carbocycles. The molecule has 0 radical (unpaired) electrons. The molecule has 3 heteroatoms. The molecule has 1 heterocycles. The van der Waals surface area contributed by atoms with Gasteiger partial charge in [-0.1, -0.05) is 36.8 Å². The molecule has 4 rings (SSSR count). The molecular weight excluding hydrogens is 288 g/mol. The fourth-order valence-electron chi connectivity index (χ4n) is 3.53. The molecule has 112 valence electrons. The second-order valence-corrected chi connectivity index (χ2v) is 7.04. The third kappa shape index (κ3) is 2.86. The lowest BCUT2D eigenvalue weighted by molar-refractivity contribution is 0.411. The smallest absolute Gasteiger partial charge is 0.0813 e. The minimum Gasteiger partial charge on any atom is -0.382 e. The summed E-state index contributed by atoms with van der Waals surface area (Å²) < 4.78 is 1.26. The molecule has 2 nitrogen and oxygen atoms in total. The van der Waals surface area contributed by atoms with Gasteiger partial charge in [0.2, 0.25) is 0 Å². The minimum absolute atomic E-state index is 0.573. The Morgan fingerprint density at radius 2 is 1.95 bits per heavy atom. The van der Waals surface area contributed by atoms with Crippen LogP contribution in [0.1, 0.15) is 37.2 Å². The Bertz CT molecular complexity index is 750. The Hall–Kier alpha value is -1.87. The second-order valence-electron chi connectivity index (χ2n) is 6.15. The van der Waals surface area contributed by atoms with Crippen LogP contribution >= 0.6 is 11.3 Å². The largest absolute Gasteiger partial charge is 0.382 e. The molecule has 0 spiro atoms. The third-order valence-electron chi connectivity index (χ3n) is 4.65. The molecule has 0 amide bonds. The number of aromatic nitrogens is 1. The summed E-state index contributed by atoms with van der Waals surface area (Å²) in [5, 5.41) is 3.74. The topological polar surface area (TPSA) is 24.9 Å². The lowest BCUT2D eigenvalue weighted by Gasteiger charge is -2.30. The van der Waals surface area contributed by atoms with Gasteiger partial charge in [0.1, 0.15) is 0 Å². The predicted molar refractivity (Wildman–Crippen MR) is 94.7 cm³/mol. The monoisotopic (exact) mass is 308 g/mol. The molecule has 1 aromatic heterocycles. The van der Waals surface area contributed by atoms with Gasteiger partial charge < -0.3 is 5.32 Å². The zero-order valence-corrected chi connectivity index (χ0v) is 13.4. The first kappa shape index (κ1) is 13.8. The Balaban J connectivity index is 1.48. The van der Waals surface area contributed by atoms with Gasteiger partial charge in [0, 0.05) is 11.7 Å². The van der Waals surface area contributed by atoms with Crippen LogP contribution in [-0.2, 0) is 0 Å². The highest BCUT2D eigenvalue weighted by atomic mass is 32.1. The van der Waals surface area contributed by atoms with Crippen LogP contribution in [0.15, 0.2) is 54.0 Å². The molecule has 1 aliphatic rings. The van der Waals surface area contributed by atoms with E-state index in [1.54, 1.807) is 11.3 Å². The van der Waals surface area contributed by atoms with Crippen molar-refractivity contribution in [2.24, 2.45) is 0 Å². The van der Waals surface area contributed by atoms with Crippen molar-refractivity contribution in [3.8, 4) is 0 Å². The van der Waals surface area contributed by atoms with Crippen LogP contribution < -0.4 is 5.32 Å². The molecule has 0 saturated heterocycles. The fourth-order valence-corrected chi connectivity index (χ4v) is 4.25. The van der Waals surface area contributed by atoms with Crippen molar-refractivity contribution in [1.29, 1.82) is 0 Å². The Morgan fingerprint density at radius 1 is 1.05 bits per heavy atom. The highest BCUT2D eigenvalue weighted by molar-refractivity contribution is 7.16. The lowest BCUT2D eigenvalue weighted by atomic mass is 9.81. The van der Waals surface area contributed by atoms with E-state index >= 15 is 0 Å². The highest BCUT2D eigenvalue weighted by Crippen LogP contribution is 2.34. The lowest BCUT2D eigenvalue weighted by Crippen LogP contribution is -2.26. The number of nitrogens with zero attached hydrogens (tertiary/aromatic N) is 1. The van der Waals surface area contributed by atoms with Crippen molar-refractivity contribution in [3.63, 3.8) is 0 Å². The van der Waals surface area contributed by atoms with E-state index in [4.69, 9.17) is 0 Å². The summed E-state index contributed by atoms with van der Waals surface area (Å²) in [6.45, 7) is 0. The highest BCUT2D eigenvalue weighted by Gasteiger charge is 2.23. The average Bonchev–Trinajstić information content (AvgIpc) is 3.04. The molecule has 1 saturated carbocycles. The standard InChI is InChI=1S/C19H20N2S/c1-2-5-14(6-3-1)15-7-4-8-16(11-15)21-17-9-10-18-19(12-17)22-13-20-18/h1-3,5-6,9-10,12-13,15-16,21H,4,7-8,11H2. The van der Waals surface area contributed by atoms with Gasteiger partial charge >= 0.3 is 0 Å². The zero-order chi connectivity index (χ0) is 14.8. The fraction of sp³-hybridized carbons (Fsp3) is 0.316. The van der Waals surface area contributed by atoms with E-state index in [2.05, 4.69) is 58.8 Å². The molecule has 2 aromatic carbocycles. The number of rotatable bonds is 3. The first-order valence-electron chi connectivity index (χ1n) is 8.03. The summed E-state index contributed by atoms with van der Waals surface area (Å²) in [6, 6.07) is 18.1. The molecule has 3 aromatic rings. The van der Waals surface area contributed by atoms with Crippen LogP contribution in [0.4, 0.5) is 5.69 Å². The van der Waals surface area contributed by atoms with Gasteiger partial charge in [0.25, 0.3) is 0 Å². The van der Waals surface area contributed by atoms with E-state index < -0.39 is 0 Å². The van der Waals surface area contributed by atoms with E-state index in [0.717, 1.165) is 5.52 Å². The molecule has 2 unspecified atom stereocenters. The summed E-state index contributed by atoms with van der Waals surface area (Å²) in [6.07, 6.45) is 5.12. The minimum atomic E-state index is 0.573. The van der Waals surface area contributed by atoms with Gasteiger partial charge in [0.05, 0.1) is 15.7 Å². The van der Waals surface area contributed by atoms with Crippen LogP contribution in [0.25, 0.3) is 10.2 Å². The van der Waals surface area contributed by atoms with Crippen molar-refractivity contribution in [2.45, 2.75) is 37.6 Å². The van der Waals surface area contributed by atoms with Crippen molar-refractivity contribution < 1.29 is 0 Å². The van der Waals surface area contributed by atoms with Crippen LogP contribution in [-0.4, -0.2) is 11.0 Å². The Morgan fingerprint density at radius 3 is 2.86 bits per heavy atom. The Labute approximate surface area is 135 Å². The van der Waals surface area contributed by atoms with Gasteiger partial charge in [-0.15, -0.1) is 11.3 Å². The van der Waals surface area contributed by atoms with Crippen LogP contribution in [0.2, 0.25) is 0 Å².